The molecule has 1 aromatic rings. The van der Waals surface area contributed by atoms with Gasteiger partial charge >= 0.3 is 0 Å². The van der Waals surface area contributed by atoms with Gasteiger partial charge in [0.05, 0.1) is 0 Å². The molecule has 1 unspecified atom stereocenters. The molecule has 3 nitrogen and oxygen atoms in total. The molecule has 1 atom stereocenters. The first-order valence-electron chi connectivity index (χ1n) is 5.25. The lowest BCUT2D eigenvalue weighted by atomic mass is 10.1. The molecular weight excluding hydrogens is 174 g/mol. The maximum atomic E-state index is 5.80. The fourth-order valence-electron chi connectivity index (χ4n) is 1.65. The van der Waals surface area contributed by atoms with Crippen LogP contribution in [0.25, 0.3) is 0 Å². The number of aryl methyl sites for hydroxylation is 1. The summed E-state index contributed by atoms with van der Waals surface area (Å²) < 4.78 is 0. The number of rotatable bonds is 3. The summed E-state index contributed by atoms with van der Waals surface area (Å²) in [4.78, 5) is 8.83. The fraction of sp³-hybridized carbons (Fsp3) is 0.636. The Morgan fingerprint density at radius 3 is 2.79 bits per heavy atom. The van der Waals surface area contributed by atoms with Crippen LogP contribution in [-0.4, -0.2) is 9.97 Å². The molecule has 2 N–H and O–H groups in total. The Labute approximate surface area is 84.8 Å². The van der Waals surface area contributed by atoms with E-state index in [1.165, 1.54) is 12.8 Å². The van der Waals surface area contributed by atoms with Gasteiger partial charge in [0.25, 0.3) is 0 Å². The lowest BCUT2D eigenvalue weighted by Gasteiger charge is -2.09. The van der Waals surface area contributed by atoms with Crippen LogP contribution in [0.4, 0.5) is 0 Å². The Morgan fingerprint density at radius 2 is 2.29 bits per heavy atom. The molecule has 1 heterocycles. The van der Waals surface area contributed by atoms with E-state index in [1.54, 1.807) is 0 Å². The highest BCUT2D eigenvalue weighted by Crippen LogP contribution is 2.31. The quantitative estimate of drug-likeness (QED) is 0.792. The van der Waals surface area contributed by atoms with Crippen molar-refractivity contribution >= 4 is 0 Å². The molecular formula is C11H17N3. The molecule has 1 aliphatic rings. The number of hydrogen-bond donors (Lipinski definition) is 1. The predicted octanol–water partition coefficient (Wildman–Crippen LogP) is 1.76. The van der Waals surface area contributed by atoms with Gasteiger partial charge in [0.15, 0.2) is 0 Å². The molecule has 2 rings (SSSR count). The van der Waals surface area contributed by atoms with Gasteiger partial charge in [-0.1, -0.05) is 0 Å². The van der Waals surface area contributed by atoms with E-state index in [2.05, 4.69) is 9.97 Å². The zero-order chi connectivity index (χ0) is 10.1. The second-order valence-electron chi connectivity index (χ2n) is 4.26. The smallest absolute Gasteiger partial charge is 0.128 e. The number of nitrogens with zero attached hydrogens (tertiary/aromatic N) is 2. The molecule has 1 fully saturated rings. The molecule has 1 saturated carbocycles. The van der Waals surface area contributed by atoms with Crippen molar-refractivity contribution in [2.24, 2.45) is 11.7 Å². The maximum absolute atomic E-state index is 5.80. The van der Waals surface area contributed by atoms with E-state index in [1.807, 2.05) is 20.0 Å². The van der Waals surface area contributed by atoms with Crippen molar-refractivity contribution in [2.45, 2.75) is 39.2 Å². The molecule has 76 valence electrons. The van der Waals surface area contributed by atoms with Gasteiger partial charge < -0.3 is 5.73 Å². The van der Waals surface area contributed by atoms with Crippen LogP contribution in [0.15, 0.2) is 6.20 Å². The topological polar surface area (TPSA) is 51.8 Å². The fourth-order valence-corrected chi connectivity index (χ4v) is 1.65. The summed E-state index contributed by atoms with van der Waals surface area (Å²) in [6.07, 6.45) is 5.61. The van der Waals surface area contributed by atoms with Gasteiger partial charge in [0.1, 0.15) is 5.82 Å². The van der Waals surface area contributed by atoms with Crippen molar-refractivity contribution in [3.63, 3.8) is 0 Å². The van der Waals surface area contributed by atoms with Gasteiger partial charge in [0, 0.05) is 29.9 Å². The third kappa shape index (κ3) is 2.10. The Kier molecular flexibility index (Phi) is 2.50. The monoisotopic (exact) mass is 191 g/mol. The van der Waals surface area contributed by atoms with Gasteiger partial charge in [-0.05, 0) is 32.6 Å². The SMILES string of the molecule is Cc1nc(CC2CC2)ncc1C(C)N. The normalized spacial score (nSPS) is 18.2. The van der Waals surface area contributed by atoms with Crippen molar-refractivity contribution < 1.29 is 0 Å². The van der Waals surface area contributed by atoms with E-state index >= 15 is 0 Å². The highest BCUT2D eigenvalue weighted by atomic mass is 14.9. The van der Waals surface area contributed by atoms with Crippen molar-refractivity contribution in [1.82, 2.24) is 9.97 Å². The first-order chi connectivity index (χ1) is 6.66. The van der Waals surface area contributed by atoms with Crippen molar-refractivity contribution in [3.05, 3.63) is 23.3 Å². The standard InChI is InChI=1S/C11H17N3/c1-7(12)10-6-13-11(14-8(10)2)5-9-3-4-9/h6-7,9H,3-5,12H2,1-2H3. The molecule has 1 aromatic heterocycles. The van der Waals surface area contributed by atoms with Crippen LogP contribution in [0.5, 0.6) is 0 Å². The average molecular weight is 191 g/mol. The summed E-state index contributed by atoms with van der Waals surface area (Å²) in [6, 6.07) is 0.0324. The third-order valence-corrected chi connectivity index (χ3v) is 2.73. The zero-order valence-electron chi connectivity index (χ0n) is 8.83. The second-order valence-corrected chi connectivity index (χ2v) is 4.26. The van der Waals surface area contributed by atoms with Crippen molar-refractivity contribution in [2.75, 3.05) is 0 Å². The van der Waals surface area contributed by atoms with E-state index in [-0.39, 0.29) is 6.04 Å². The Hall–Kier alpha value is -0.960. The molecule has 0 spiro atoms. The molecule has 0 aliphatic heterocycles. The number of aromatic nitrogens is 2. The van der Waals surface area contributed by atoms with Crippen molar-refractivity contribution in [3.8, 4) is 0 Å². The van der Waals surface area contributed by atoms with Gasteiger partial charge in [-0.2, -0.15) is 0 Å². The van der Waals surface area contributed by atoms with Crippen molar-refractivity contribution in [1.29, 1.82) is 0 Å². The molecule has 0 bridgehead atoms. The highest BCUT2D eigenvalue weighted by molar-refractivity contribution is 5.19. The molecule has 3 heteroatoms. The van der Waals surface area contributed by atoms with E-state index in [0.29, 0.717) is 0 Å². The van der Waals surface area contributed by atoms with Crippen LogP contribution in [0.1, 0.15) is 42.9 Å². The van der Waals surface area contributed by atoms with Gasteiger partial charge in [-0.25, -0.2) is 9.97 Å². The van der Waals surface area contributed by atoms with E-state index in [4.69, 9.17) is 5.73 Å². The maximum Gasteiger partial charge on any atom is 0.128 e. The summed E-state index contributed by atoms with van der Waals surface area (Å²) in [5.74, 6) is 1.82. The second kappa shape index (κ2) is 3.65. The lowest BCUT2D eigenvalue weighted by molar-refractivity contribution is 0.734. The first-order valence-corrected chi connectivity index (χ1v) is 5.25. The number of nitrogens with two attached hydrogens (primary N) is 1. The van der Waals surface area contributed by atoms with Crippen LogP contribution < -0.4 is 5.73 Å². The predicted molar refractivity (Wildman–Crippen MR) is 55.8 cm³/mol. The minimum absolute atomic E-state index is 0.0324. The Balaban J connectivity index is 2.16. The summed E-state index contributed by atoms with van der Waals surface area (Å²) in [7, 11) is 0. The minimum atomic E-state index is 0.0324. The minimum Gasteiger partial charge on any atom is -0.324 e. The van der Waals surface area contributed by atoms with E-state index < -0.39 is 0 Å². The van der Waals surface area contributed by atoms with E-state index in [9.17, 15) is 0 Å². The molecule has 0 amide bonds. The summed E-state index contributed by atoms with van der Waals surface area (Å²) in [5, 5.41) is 0. The molecule has 1 aliphatic carbocycles. The summed E-state index contributed by atoms with van der Waals surface area (Å²) in [6.45, 7) is 3.98. The third-order valence-electron chi connectivity index (χ3n) is 2.73. The average Bonchev–Trinajstić information content (AvgIpc) is 2.87. The highest BCUT2D eigenvalue weighted by Gasteiger charge is 2.23. The van der Waals surface area contributed by atoms with Gasteiger partial charge in [0.2, 0.25) is 0 Å². The van der Waals surface area contributed by atoms with E-state index in [0.717, 1.165) is 29.4 Å². The van der Waals surface area contributed by atoms with Gasteiger partial charge in [-0.3, -0.25) is 0 Å². The largest absolute Gasteiger partial charge is 0.324 e. The van der Waals surface area contributed by atoms with Crippen LogP contribution in [0.2, 0.25) is 0 Å². The summed E-state index contributed by atoms with van der Waals surface area (Å²) >= 11 is 0. The Bertz CT molecular complexity index is 329. The number of hydrogen-bond acceptors (Lipinski definition) is 3. The van der Waals surface area contributed by atoms with Gasteiger partial charge in [-0.15, -0.1) is 0 Å². The Morgan fingerprint density at radius 1 is 1.57 bits per heavy atom. The molecule has 0 saturated heterocycles. The first kappa shape index (κ1) is 9.59. The van der Waals surface area contributed by atoms with Crippen LogP contribution in [0, 0.1) is 12.8 Å². The van der Waals surface area contributed by atoms with Crippen LogP contribution >= 0.6 is 0 Å². The molecule has 0 aromatic carbocycles. The van der Waals surface area contributed by atoms with Crippen LogP contribution in [0.3, 0.4) is 0 Å². The van der Waals surface area contributed by atoms with Crippen LogP contribution in [-0.2, 0) is 6.42 Å². The molecule has 14 heavy (non-hydrogen) atoms. The zero-order valence-corrected chi connectivity index (χ0v) is 8.83. The summed E-state index contributed by atoms with van der Waals surface area (Å²) in [5.41, 5.74) is 7.89. The lowest BCUT2D eigenvalue weighted by Crippen LogP contribution is -2.10. The molecule has 0 radical (unpaired) electrons.